The smallest absolute Gasteiger partial charge is 0.266 e. The molecule has 186 valence electrons. The van der Waals surface area contributed by atoms with Gasteiger partial charge < -0.3 is 15.0 Å². The largest absolute Gasteiger partial charge is 0.496 e. The minimum absolute atomic E-state index is 0.0235. The van der Waals surface area contributed by atoms with Crippen molar-refractivity contribution in [1.82, 2.24) is 20.2 Å². The summed E-state index contributed by atoms with van der Waals surface area (Å²) in [6, 6.07) is 14.5. The van der Waals surface area contributed by atoms with E-state index in [9.17, 15) is 4.79 Å². The van der Waals surface area contributed by atoms with Crippen molar-refractivity contribution in [2.75, 3.05) is 14.2 Å². The summed E-state index contributed by atoms with van der Waals surface area (Å²) >= 11 is 8.23. The second-order valence-electron chi connectivity index (χ2n) is 9.12. The number of methoxy groups -OCH3 is 1. The molecule has 1 fully saturated rings. The standard InChI is InChI=1S/C28H29ClN4O2S/c1-30-21-8-10-22(11-9-21)33(28(34)27-26(29)23-5-3-4-6-25(23)36-27)16-19-13-18(7-12-24(19)35-2)20-14-31-17-32-15-20/h3-7,12-15,17,21-22,30H,8-11,16H2,1-2H3/t21-,22-. The lowest BCUT2D eigenvalue weighted by Gasteiger charge is -2.37. The Morgan fingerprint density at radius 1 is 1.11 bits per heavy atom. The fourth-order valence-corrected chi connectivity index (χ4v) is 6.51. The number of carbonyl (C=O) groups is 1. The van der Waals surface area contributed by atoms with Gasteiger partial charge in [-0.2, -0.15) is 0 Å². The summed E-state index contributed by atoms with van der Waals surface area (Å²) < 4.78 is 6.74. The number of hydrogen-bond acceptors (Lipinski definition) is 6. The van der Waals surface area contributed by atoms with Gasteiger partial charge in [-0.3, -0.25) is 4.79 Å². The third-order valence-electron chi connectivity index (χ3n) is 7.05. The number of ether oxygens (including phenoxy) is 1. The van der Waals surface area contributed by atoms with Gasteiger partial charge in [0.15, 0.2) is 0 Å². The van der Waals surface area contributed by atoms with Crippen molar-refractivity contribution in [2.45, 2.75) is 44.3 Å². The molecule has 2 heterocycles. The van der Waals surface area contributed by atoms with Crippen LogP contribution in [0.4, 0.5) is 0 Å². The Kier molecular flexibility index (Phi) is 7.51. The van der Waals surface area contributed by atoms with Gasteiger partial charge in [0.2, 0.25) is 0 Å². The molecule has 6 nitrogen and oxygen atoms in total. The number of benzene rings is 2. The number of aromatic nitrogens is 2. The van der Waals surface area contributed by atoms with Crippen molar-refractivity contribution in [2.24, 2.45) is 0 Å². The molecule has 1 amide bonds. The number of nitrogens with one attached hydrogen (secondary N) is 1. The quantitative estimate of drug-likeness (QED) is 0.314. The van der Waals surface area contributed by atoms with Crippen molar-refractivity contribution >= 4 is 38.9 Å². The molecule has 4 aromatic rings. The maximum absolute atomic E-state index is 14.1. The van der Waals surface area contributed by atoms with Crippen LogP contribution in [0.2, 0.25) is 5.02 Å². The molecule has 8 heteroatoms. The van der Waals surface area contributed by atoms with Crippen molar-refractivity contribution in [3.63, 3.8) is 0 Å². The van der Waals surface area contributed by atoms with Crippen LogP contribution in [0.15, 0.2) is 61.2 Å². The Bertz CT molecular complexity index is 1350. The van der Waals surface area contributed by atoms with Crippen LogP contribution in [-0.2, 0) is 6.54 Å². The molecule has 0 radical (unpaired) electrons. The summed E-state index contributed by atoms with van der Waals surface area (Å²) in [5, 5.41) is 4.85. The van der Waals surface area contributed by atoms with E-state index in [0.29, 0.717) is 22.5 Å². The Morgan fingerprint density at radius 2 is 1.86 bits per heavy atom. The second-order valence-corrected chi connectivity index (χ2v) is 10.6. The van der Waals surface area contributed by atoms with E-state index in [4.69, 9.17) is 16.3 Å². The van der Waals surface area contributed by atoms with Gasteiger partial charge in [-0.25, -0.2) is 9.97 Å². The molecule has 0 bridgehead atoms. The lowest BCUT2D eigenvalue weighted by atomic mass is 9.89. The number of halogens is 1. The van der Waals surface area contributed by atoms with E-state index < -0.39 is 0 Å². The minimum Gasteiger partial charge on any atom is -0.496 e. The van der Waals surface area contributed by atoms with Crippen LogP contribution in [0, 0.1) is 0 Å². The first-order valence-electron chi connectivity index (χ1n) is 12.2. The van der Waals surface area contributed by atoms with Crippen LogP contribution in [0.25, 0.3) is 21.2 Å². The van der Waals surface area contributed by atoms with Crippen molar-refractivity contribution < 1.29 is 9.53 Å². The maximum Gasteiger partial charge on any atom is 0.266 e. The SMILES string of the molecule is CN[C@H]1CC[C@H](N(Cc2cc(-c3cncnc3)ccc2OC)C(=O)c2sc3ccccc3c2Cl)CC1. The van der Waals surface area contributed by atoms with Gasteiger partial charge in [-0.05, 0) is 56.5 Å². The van der Waals surface area contributed by atoms with Gasteiger partial charge >= 0.3 is 0 Å². The molecule has 1 N–H and O–H groups in total. The van der Waals surface area contributed by atoms with Crippen molar-refractivity contribution in [3.05, 3.63) is 76.6 Å². The average molecular weight is 521 g/mol. The van der Waals surface area contributed by atoms with E-state index in [1.165, 1.54) is 17.7 Å². The number of hydrogen-bond donors (Lipinski definition) is 1. The molecular weight excluding hydrogens is 492 g/mol. The van der Waals surface area contributed by atoms with Crippen molar-refractivity contribution in [3.8, 4) is 16.9 Å². The zero-order valence-corrected chi connectivity index (χ0v) is 22.0. The van der Waals surface area contributed by atoms with Crippen LogP contribution < -0.4 is 10.1 Å². The van der Waals surface area contributed by atoms with Crippen molar-refractivity contribution in [1.29, 1.82) is 0 Å². The molecule has 0 spiro atoms. The number of fused-ring (bicyclic) bond motifs is 1. The second kappa shape index (κ2) is 10.9. The summed E-state index contributed by atoms with van der Waals surface area (Å²) in [6.07, 6.45) is 9.04. The predicted molar refractivity (Wildman–Crippen MR) is 146 cm³/mol. The fourth-order valence-electron chi connectivity index (χ4n) is 5.04. The number of amides is 1. The first-order valence-corrected chi connectivity index (χ1v) is 13.4. The van der Waals surface area contributed by atoms with Gasteiger partial charge in [0.05, 0.1) is 12.1 Å². The van der Waals surface area contributed by atoms with Gasteiger partial charge in [0.25, 0.3) is 5.91 Å². The molecule has 1 aliphatic carbocycles. The highest BCUT2D eigenvalue weighted by molar-refractivity contribution is 7.21. The van der Waals surface area contributed by atoms with Gasteiger partial charge in [0, 0.05) is 52.2 Å². The molecule has 0 saturated heterocycles. The monoisotopic (exact) mass is 520 g/mol. The molecule has 0 aliphatic heterocycles. The van der Waals surface area contributed by atoms with E-state index in [1.807, 2.05) is 48.3 Å². The number of thiophene rings is 1. The minimum atomic E-state index is -0.0235. The van der Waals surface area contributed by atoms with Crippen LogP contribution >= 0.6 is 22.9 Å². The van der Waals surface area contributed by atoms with E-state index in [1.54, 1.807) is 19.5 Å². The molecule has 0 atom stereocenters. The van der Waals surface area contributed by atoms with Crippen LogP contribution in [0.3, 0.4) is 0 Å². The lowest BCUT2D eigenvalue weighted by molar-refractivity contribution is 0.0604. The fraction of sp³-hybridized carbons (Fsp3) is 0.321. The molecular formula is C28H29ClN4O2S. The zero-order chi connectivity index (χ0) is 25.1. The molecule has 2 aromatic carbocycles. The molecule has 1 aliphatic rings. The first-order chi connectivity index (χ1) is 17.6. The highest BCUT2D eigenvalue weighted by atomic mass is 35.5. The van der Waals surface area contributed by atoms with Crippen LogP contribution in [0.1, 0.15) is 40.9 Å². The summed E-state index contributed by atoms with van der Waals surface area (Å²) in [4.78, 5) is 25.0. The topological polar surface area (TPSA) is 67.3 Å². The molecule has 2 aromatic heterocycles. The molecule has 0 unspecified atom stereocenters. The molecule has 5 rings (SSSR count). The highest BCUT2D eigenvalue weighted by Gasteiger charge is 2.32. The van der Waals surface area contributed by atoms with Crippen LogP contribution in [0.5, 0.6) is 5.75 Å². The Labute approximate surface area is 220 Å². The highest BCUT2D eigenvalue weighted by Crippen LogP contribution is 2.38. The van der Waals surface area contributed by atoms with Gasteiger partial charge in [0.1, 0.15) is 17.0 Å². The van der Waals surface area contributed by atoms with E-state index in [2.05, 4.69) is 21.4 Å². The molecule has 36 heavy (non-hydrogen) atoms. The number of rotatable bonds is 7. The summed E-state index contributed by atoms with van der Waals surface area (Å²) in [5.74, 6) is 0.726. The normalized spacial score (nSPS) is 17.8. The van der Waals surface area contributed by atoms with E-state index >= 15 is 0 Å². The van der Waals surface area contributed by atoms with E-state index in [-0.39, 0.29) is 11.9 Å². The first kappa shape index (κ1) is 24.7. The number of nitrogens with zero attached hydrogens (tertiary/aromatic N) is 3. The summed E-state index contributed by atoms with van der Waals surface area (Å²) in [5.41, 5.74) is 2.85. The Hall–Kier alpha value is -3.00. The molecule has 1 saturated carbocycles. The van der Waals surface area contributed by atoms with Gasteiger partial charge in [-0.15, -0.1) is 11.3 Å². The van der Waals surface area contributed by atoms with E-state index in [0.717, 1.165) is 58.2 Å². The lowest BCUT2D eigenvalue weighted by Crippen LogP contribution is -2.44. The van der Waals surface area contributed by atoms with Crippen LogP contribution in [-0.4, -0.2) is 47.0 Å². The average Bonchev–Trinajstić information content (AvgIpc) is 3.28. The Morgan fingerprint density at radius 3 is 2.56 bits per heavy atom. The third-order valence-corrected chi connectivity index (χ3v) is 8.71. The maximum atomic E-state index is 14.1. The predicted octanol–water partition coefficient (Wildman–Crippen LogP) is 6.19. The van der Waals surface area contributed by atoms with Gasteiger partial charge in [-0.1, -0.05) is 35.9 Å². The third kappa shape index (κ3) is 4.96. The number of carbonyl (C=O) groups excluding carboxylic acids is 1. The summed E-state index contributed by atoms with van der Waals surface area (Å²) in [7, 11) is 3.67. The summed E-state index contributed by atoms with van der Waals surface area (Å²) in [6.45, 7) is 0.434. The Balaban J connectivity index is 1.53. The zero-order valence-electron chi connectivity index (χ0n) is 20.4.